The van der Waals surface area contributed by atoms with E-state index < -0.39 is 6.04 Å². The zero-order chi connectivity index (χ0) is 18.6. The molecule has 1 aromatic heterocycles. The summed E-state index contributed by atoms with van der Waals surface area (Å²) in [5, 5.41) is 0. The number of esters is 1. The molecule has 2 rings (SSSR count). The van der Waals surface area contributed by atoms with Crippen LogP contribution in [0.25, 0.3) is 0 Å². The van der Waals surface area contributed by atoms with Gasteiger partial charge in [0.1, 0.15) is 11.8 Å². The number of nitrogens with zero attached hydrogens (tertiary/aromatic N) is 1. The number of benzene rings is 1. The van der Waals surface area contributed by atoms with Gasteiger partial charge in [0.15, 0.2) is 5.78 Å². The third-order valence-electron chi connectivity index (χ3n) is 4.19. The zero-order valence-corrected chi connectivity index (χ0v) is 14.7. The standard InChI is InChI=1S/C19H21NO5/c1-12-9-17(14(3)22)13(2)20(12)18(19(23)24-4)10-15-5-7-16(8-6-15)25-11-21/h5-9,11,18H,10H2,1-4H3. The first-order chi connectivity index (χ1) is 11.9. The molecule has 2 aromatic rings. The molecule has 0 bridgehead atoms. The van der Waals surface area contributed by atoms with E-state index in [4.69, 9.17) is 9.47 Å². The molecule has 0 saturated heterocycles. The summed E-state index contributed by atoms with van der Waals surface area (Å²) in [6, 6.07) is 8.09. The molecule has 0 spiro atoms. The Bertz CT molecular complexity index is 789. The first kappa shape index (κ1) is 18.4. The van der Waals surface area contributed by atoms with E-state index in [0.717, 1.165) is 17.0 Å². The number of Topliss-reactive ketones (excluding diaryl/α,β-unsaturated/α-hetero) is 1. The molecular formula is C19H21NO5. The van der Waals surface area contributed by atoms with Crippen LogP contribution in [-0.4, -0.2) is 29.9 Å². The lowest BCUT2D eigenvalue weighted by molar-refractivity contribution is -0.144. The van der Waals surface area contributed by atoms with Crippen LogP contribution in [0.4, 0.5) is 0 Å². The van der Waals surface area contributed by atoms with Gasteiger partial charge in [0, 0.05) is 23.4 Å². The Labute approximate surface area is 146 Å². The van der Waals surface area contributed by atoms with Gasteiger partial charge in [-0.05, 0) is 44.5 Å². The average Bonchev–Trinajstić information content (AvgIpc) is 2.89. The van der Waals surface area contributed by atoms with Gasteiger partial charge in [-0.15, -0.1) is 0 Å². The maximum atomic E-state index is 12.4. The quantitative estimate of drug-likeness (QED) is 0.439. The molecule has 1 aromatic carbocycles. The normalized spacial score (nSPS) is 11.7. The lowest BCUT2D eigenvalue weighted by atomic mass is 10.0. The Balaban J connectivity index is 2.39. The zero-order valence-electron chi connectivity index (χ0n) is 14.7. The minimum absolute atomic E-state index is 0.0432. The summed E-state index contributed by atoms with van der Waals surface area (Å²) in [6.07, 6.45) is 0.391. The van der Waals surface area contributed by atoms with Crippen molar-refractivity contribution in [2.75, 3.05) is 7.11 Å². The molecule has 1 atom stereocenters. The van der Waals surface area contributed by atoms with E-state index in [1.54, 1.807) is 30.3 Å². The van der Waals surface area contributed by atoms with Gasteiger partial charge in [0.2, 0.25) is 0 Å². The Morgan fingerprint density at radius 3 is 2.32 bits per heavy atom. The van der Waals surface area contributed by atoms with Crippen LogP contribution in [-0.2, 0) is 20.7 Å². The molecule has 0 saturated carbocycles. The number of aromatic nitrogens is 1. The molecule has 0 fully saturated rings. The number of carbonyl (C=O) groups excluding carboxylic acids is 3. The van der Waals surface area contributed by atoms with Gasteiger partial charge >= 0.3 is 5.97 Å². The fraction of sp³-hybridized carbons (Fsp3) is 0.316. The molecule has 1 unspecified atom stereocenters. The molecule has 6 heteroatoms. The lowest BCUT2D eigenvalue weighted by Crippen LogP contribution is -2.25. The molecule has 25 heavy (non-hydrogen) atoms. The minimum atomic E-state index is -0.587. The highest BCUT2D eigenvalue weighted by Gasteiger charge is 2.26. The van der Waals surface area contributed by atoms with Crippen LogP contribution < -0.4 is 4.74 Å². The van der Waals surface area contributed by atoms with Gasteiger partial charge in [0.25, 0.3) is 6.47 Å². The summed E-state index contributed by atoms with van der Waals surface area (Å²) >= 11 is 0. The van der Waals surface area contributed by atoms with Crippen LogP contribution in [0.3, 0.4) is 0 Å². The van der Waals surface area contributed by atoms with Crippen molar-refractivity contribution in [3.63, 3.8) is 0 Å². The van der Waals surface area contributed by atoms with E-state index in [-0.39, 0.29) is 11.8 Å². The Hall–Kier alpha value is -2.89. The van der Waals surface area contributed by atoms with Crippen LogP contribution >= 0.6 is 0 Å². The van der Waals surface area contributed by atoms with Gasteiger partial charge in [0.05, 0.1) is 7.11 Å². The summed E-state index contributed by atoms with van der Waals surface area (Å²) in [4.78, 5) is 34.5. The first-order valence-electron chi connectivity index (χ1n) is 7.85. The second kappa shape index (κ2) is 7.79. The molecular weight excluding hydrogens is 322 g/mol. The summed E-state index contributed by atoms with van der Waals surface area (Å²) < 4.78 is 11.6. The van der Waals surface area contributed by atoms with Crippen molar-refractivity contribution in [3.05, 3.63) is 52.8 Å². The third kappa shape index (κ3) is 3.96. The molecule has 132 valence electrons. The number of aryl methyl sites for hydroxylation is 1. The van der Waals surface area contributed by atoms with Crippen LogP contribution in [0.2, 0.25) is 0 Å². The van der Waals surface area contributed by atoms with Crippen molar-refractivity contribution in [3.8, 4) is 5.75 Å². The number of rotatable bonds is 7. The number of carbonyl (C=O) groups is 3. The molecule has 0 N–H and O–H groups in total. The fourth-order valence-corrected chi connectivity index (χ4v) is 3.01. The van der Waals surface area contributed by atoms with Gasteiger partial charge in [-0.1, -0.05) is 12.1 Å². The average molecular weight is 343 g/mol. The van der Waals surface area contributed by atoms with Crippen LogP contribution in [0.1, 0.15) is 40.3 Å². The second-order valence-corrected chi connectivity index (χ2v) is 5.81. The van der Waals surface area contributed by atoms with Gasteiger partial charge in [-0.25, -0.2) is 4.79 Å². The third-order valence-corrected chi connectivity index (χ3v) is 4.19. The van der Waals surface area contributed by atoms with E-state index in [9.17, 15) is 14.4 Å². The Morgan fingerprint density at radius 1 is 1.20 bits per heavy atom. The second-order valence-electron chi connectivity index (χ2n) is 5.81. The maximum absolute atomic E-state index is 12.4. The maximum Gasteiger partial charge on any atom is 0.329 e. The van der Waals surface area contributed by atoms with E-state index >= 15 is 0 Å². The van der Waals surface area contributed by atoms with E-state index in [1.807, 2.05) is 18.4 Å². The minimum Gasteiger partial charge on any atom is -0.467 e. The molecule has 0 aliphatic carbocycles. The summed E-state index contributed by atoms with van der Waals surface area (Å²) in [5.74, 6) is 0.00371. The Morgan fingerprint density at radius 2 is 1.84 bits per heavy atom. The van der Waals surface area contributed by atoms with Crippen LogP contribution in [0.15, 0.2) is 30.3 Å². The highest BCUT2D eigenvalue weighted by atomic mass is 16.5. The predicted molar refractivity (Wildman–Crippen MR) is 91.8 cm³/mol. The highest BCUT2D eigenvalue weighted by molar-refractivity contribution is 5.95. The van der Waals surface area contributed by atoms with E-state index in [0.29, 0.717) is 24.2 Å². The number of ketones is 1. The van der Waals surface area contributed by atoms with Gasteiger partial charge in [-0.2, -0.15) is 0 Å². The largest absolute Gasteiger partial charge is 0.467 e. The van der Waals surface area contributed by atoms with Gasteiger partial charge < -0.3 is 14.0 Å². The Kier molecular flexibility index (Phi) is 5.75. The summed E-state index contributed by atoms with van der Waals surface area (Å²) in [6.45, 7) is 5.55. The van der Waals surface area contributed by atoms with Crippen LogP contribution in [0, 0.1) is 13.8 Å². The summed E-state index contributed by atoms with van der Waals surface area (Å²) in [5.41, 5.74) is 3.03. The summed E-state index contributed by atoms with van der Waals surface area (Å²) in [7, 11) is 1.34. The van der Waals surface area contributed by atoms with Crippen LogP contribution in [0.5, 0.6) is 5.75 Å². The van der Waals surface area contributed by atoms with Crippen molar-refractivity contribution in [2.45, 2.75) is 33.2 Å². The smallest absolute Gasteiger partial charge is 0.329 e. The van der Waals surface area contributed by atoms with E-state index in [2.05, 4.69) is 0 Å². The molecule has 0 radical (unpaired) electrons. The number of ether oxygens (including phenoxy) is 2. The molecule has 0 aliphatic heterocycles. The van der Waals surface area contributed by atoms with Crippen molar-refractivity contribution in [1.29, 1.82) is 0 Å². The number of hydrogen-bond acceptors (Lipinski definition) is 5. The van der Waals surface area contributed by atoms with Crippen molar-refractivity contribution < 1.29 is 23.9 Å². The van der Waals surface area contributed by atoms with Crippen molar-refractivity contribution in [2.24, 2.45) is 0 Å². The monoisotopic (exact) mass is 343 g/mol. The topological polar surface area (TPSA) is 74.6 Å². The molecule has 0 amide bonds. The van der Waals surface area contributed by atoms with Crippen molar-refractivity contribution in [1.82, 2.24) is 4.57 Å². The first-order valence-corrected chi connectivity index (χ1v) is 7.85. The fourth-order valence-electron chi connectivity index (χ4n) is 3.01. The highest BCUT2D eigenvalue weighted by Crippen LogP contribution is 2.25. The molecule has 6 nitrogen and oxygen atoms in total. The lowest BCUT2D eigenvalue weighted by Gasteiger charge is -2.21. The van der Waals surface area contributed by atoms with E-state index in [1.165, 1.54) is 14.0 Å². The SMILES string of the molecule is COC(=O)C(Cc1ccc(OC=O)cc1)n1c(C)cc(C(C)=O)c1C. The number of hydrogen-bond donors (Lipinski definition) is 0. The van der Waals surface area contributed by atoms with Gasteiger partial charge in [-0.3, -0.25) is 9.59 Å². The van der Waals surface area contributed by atoms with Crippen molar-refractivity contribution >= 4 is 18.2 Å². The molecule has 0 aliphatic rings. The molecule has 1 heterocycles. The predicted octanol–water partition coefficient (Wildman–Crippen LogP) is 2.80. The number of methoxy groups -OCH3 is 1.